The standard InChI is InChI=1S/C17H21N3O4S/c1-3-24-16(21)15-14(19-17(25)20-6-8-23-9-7-20)12-10-11(22-2)4-5-13(12)18-15/h4-5,10,18H,3,6-9H2,1-2H3,(H,19,25). The van der Waals surface area contributed by atoms with E-state index in [9.17, 15) is 4.79 Å². The summed E-state index contributed by atoms with van der Waals surface area (Å²) in [7, 11) is 1.60. The van der Waals surface area contributed by atoms with E-state index in [0.29, 0.717) is 55.2 Å². The molecule has 1 aromatic carbocycles. The van der Waals surface area contributed by atoms with Gasteiger partial charge in [-0.15, -0.1) is 0 Å². The van der Waals surface area contributed by atoms with Crippen molar-refractivity contribution in [3.63, 3.8) is 0 Å². The lowest BCUT2D eigenvalue weighted by Gasteiger charge is -2.29. The van der Waals surface area contributed by atoms with Gasteiger partial charge in [-0.25, -0.2) is 4.79 Å². The molecule has 0 unspecified atom stereocenters. The molecule has 1 saturated heterocycles. The minimum absolute atomic E-state index is 0.296. The average Bonchev–Trinajstić information content (AvgIpc) is 3.00. The molecule has 0 bridgehead atoms. The van der Waals surface area contributed by atoms with Crippen molar-refractivity contribution >= 4 is 39.9 Å². The second-order valence-corrected chi connectivity index (χ2v) is 5.92. The van der Waals surface area contributed by atoms with E-state index in [4.69, 9.17) is 26.4 Å². The van der Waals surface area contributed by atoms with Gasteiger partial charge in [-0.2, -0.15) is 0 Å². The van der Waals surface area contributed by atoms with Crippen LogP contribution in [-0.2, 0) is 9.47 Å². The fourth-order valence-corrected chi connectivity index (χ4v) is 3.02. The number of carbonyl (C=O) groups excluding carboxylic acids is 1. The van der Waals surface area contributed by atoms with E-state index < -0.39 is 5.97 Å². The number of rotatable bonds is 4. The number of carbonyl (C=O) groups is 1. The van der Waals surface area contributed by atoms with Crippen molar-refractivity contribution in [3.05, 3.63) is 23.9 Å². The quantitative estimate of drug-likeness (QED) is 0.638. The number of nitrogens with one attached hydrogen (secondary N) is 2. The molecule has 0 saturated carbocycles. The zero-order valence-corrected chi connectivity index (χ0v) is 15.1. The number of nitrogens with zero attached hydrogens (tertiary/aromatic N) is 1. The van der Waals surface area contributed by atoms with Gasteiger partial charge < -0.3 is 29.4 Å². The lowest BCUT2D eigenvalue weighted by Crippen LogP contribution is -2.43. The van der Waals surface area contributed by atoms with Crippen molar-refractivity contribution in [3.8, 4) is 5.75 Å². The lowest BCUT2D eigenvalue weighted by molar-refractivity contribution is 0.0521. The summed E-state index contributed by atoms with van der Waals surface area (Å²) in [6.07, 6.45) is 0. The first-order valence-corrected chi connectivity index (χ1v) is 8.55. The maximum Gasteiger partial charge on any atom is 0.356 e. The van der Waals surface area contributed by atoms with Gasteiger partial charge in [0.25, 0.3) is 0 Å². The van der Waals surface area contributed by atoms with Crippen molar-refractivity contribution in [2.45, 2.75) is 6.92 Å². The van der Waals surface area contributed by atoms with Gasteiger partial charge in [0.2, 0.25) is 0 Å². The molecule has 3 rings (SSSR count). The highest BCUT2D eigenvalue weighted by Gasteiger charge is 2.22. The summed E-state index contributed by atoms with van der Waals surface area (Å²) < 4.78 is 15.8. The van der Waals surface area contributed by atoms with E-state index >= 15 is 0 Å². The fourth-order valence-electron chi connectivity index (χ4n) is 2.74. The van der Waals surface area contributed by atoms with Crippen molar-refractivity contribution in [1.82, 2.24) is 9.88 Å². The number of aromatic nitrogens is 1. The number of H-pyrrole nitrogens is 1. The number of hydrogen-bond donors (Lipinski definition) is 2. The van der Waals surface area contributed by atoms with Crippen LogP contribution in [0.5, 0.6) is 5.75 Å². The van der Waals surface area contributed by atoms with Gasteiger partial charge in [0.15, 0.2) is 5.11 Å². The Hall–Kier alpha value is -2.32. The third-order valence-corrected chi connectivity index (χ3v) is 4.38. The Morgan fingerprint density at radius 3 is 2.84 bits per heavy atom. The molecule has 0 amide bonds. The summed E-state index contributed by atoms with van der Waals surface area (Å²) >= 11 is 5.52. The minimum atomic E-state index is -0.426. The SMILES string of the molecule is CCOC(=O)c1[nH]c2ccc(OC)cc2c1NC(=S)N1CCOCC1. The number of benzene rings is 1. The first kappa shape index (κ1) is 17.5. The molecule has 8 heteroatoms. The molecule has 2 heterocycles. The highest BCUT2D eigenvalue weighted by atomic mass is 32.1. The molecule has 134 valence electrons. The molecule has 0 radical (unpaired) electrons. The highest BCUT2D eigenvalue weighted by Crippen LogP contribution is 2.31. The topological polar surface area (TPSA) is 75.8 Å². The Morgan fingerprint density at radius 2 is 2.16 bits per heavy atom. The molecule has 1 aliphatic heterocycles. The maximum atomic E-state index is 12.3. The third kappa shape index (κ3) is 3.69. The number of aromatic amines is 1. The third-order valence-electron chi connectivity index (χ3n) is 4.02. The number of hydrogen-bond acceptors (Lipinski definition) is 5. The van der Waals surface area contributed by atoms with E-state index in [1.54, 1.807) is 14.0 Å². The zero-order valence-electron chi connectivity index (χ0n) is 14.3. The van der Waals surface area contributed by atoms with Crippen LogP contribution in [0.15, 0.2) is 18.2 Å². The van der Waals surface area contributed by atoms with Gasteiger partial charge in [-0.3, -0.25) is 0 Å². The van der Waals surface area contributed by atoms with Crippen molar-refractivity contribution in [2.75, 3.05) is 45.3 Å². The van der Waals surface area contributed by atoms with E-state index in [1.807, 2.05) is 23.1 Å². The van der Waals surface area contributed by atoms with Gasteiger partial charge in [0.1, 0.15) is 11.4 Å². The first-order chi connectivity index (χ1) is 12.1. The number of methoxy groups -OCH3 is 1. The molecule has 2 N–H and O–H groups in total. The predicted molar refractivity (Wildman–Crippen MR) is 99.4 cm³/mol. The van der Waals surface area contributed by atoms with Gasteiger partial charge in [-0.05, 0) is 37.3 Å². The molecule has 1 aromatic heterocycles. The number of ether oxygens (including phenoxy) is 3. The van der Waals surface area contributed by atoms with Crippen LogP contribution in [0.25, 0.3) is 10.9 Å². The minimum Gasteiger partial charge on any atom is -0.497 e. The first-order valence-electron chi connectivity index (χ1n) is 8.14. The predicted octanol–water partition coefficient (Wildman–Crippen LogP) is 2.38. The largest absolute Gasteiger partial charge is 0.497 e. The fraction of sp³-hybridized carbons (Fsp3) is 0.412. The van der Waals surface area contributed by atoms with Crippen molar-refractivity contribution < 1.29 is 19.0 Å². The van der Waals surface area contributed by atoms with Crippen LogP contribution in [-0.4, -0.2) is 61.0 Å². The van der Waals surface area contributed by atoms with Gasteiger partial charge in [0, 0.05) is 24.0 Å². The summed E-state index contributed by atoms with van der Waals surface area (Å²) in [5.41, 5.74) is 1.75. The van der Waals surface area contributed by atoms with E-state index in [1.165, 1.54) is 0 Å². The van der Waals surface area contributed by atoms with Crippen LogP contribution >= 0.6 is 12.2 Å². The lowest BCUT2D eigenvalue weighted by atomic mass is 10.2. The molecule has 2 aromatic rings. The Morgan fingerprint density at radius 1 is 1.40 bits per heavy atom. The molecular formula is C17H21N3O4S. The summed E-state index contributed by atoms with van der Waals surface area (Å²) in [4.78, 5) is 17.5. The second-order valence-electron chi connectivity index (χ2n) is 5.54. The monoisotopic (exact) mass is 363 g/mol. The van der Waals surface area contributed by atoms with E-state index in [2.05, 4.69) is 10.3 Å². The number of esters is 1. The normalized spacial score (nSPS) is 14.4. The highest BCUT2D eigenvalue weighted by molar-refractivity contribution is 7.80. The van der Waals surface area contributed by atoms with Gasteiger partial charge in [-0.1, -0.05) is 0 Å². The summed E-state index contributed by atoms with van der Waals surface area (Å²) in [6, 6.07) is 5.55. The Balaban J connectivity index is 1.98. The molecule has 0 atom stereocenters. The Kier molecular flexibility index (Phi) is 5.40. The van der Waals surface area contributed by atoms with Crippen LogP contribution in [0.3, 0.4) is 0 Å². The number of thiocarbonyl (C=S) groups is 1. The number of morpholine rings is 1. The molecular weight excluding hydrogens is 342 g/mol. The summed E-state index contributed by atoms with van der Waals surface area (Å²) in [6.45, 7) is 4.76. The van der Waals surface area contributed by atoms with Crippen molar-refractivity contribution in [2.24, 2.45) is 0 Å². The summed E-state index contributed by atoms with van der Waals surface area (Å²) in [5.74, 6) is 0.271. The van der Waals surface area contributed by atoms with Crippen LogP contribution in [0, 0.1) is 0 Å². The Labute approximate surface area is 151 Å². The van der Waals surface area contributed by atoms with E-state index in [0.717, 1.165) is 10.9 Å². The smallest absolute Gasteiger partial charge is 0.356 e. The summed E-state index contributed by atoms with van der Waals surface area (Å²) in [5, 5.41) is 4.58. The molecule has 0 spiro atoms. The Bertz CT molecular complexity index is 784. The van der Waals surface area contributed by atoms with Crippen LogP contribution in [0.4, 0.5) is 5.69 Å². The van der Waals surface area contributed by atoms with E-state index in [-0.39, 0.29) is 0 Å². The van der Waals surface area contributed by atoms with Crippen LogP contribution in [0.2, 0.25) is 0 Å². The maximum absolute atomic E-state index is 12.3. The van der Waals surface area contributed by atoms with Crippen LogP contribution < -0.4 is 10.1 Å². The van der Waals surface area contributed by atoms with Crippen LogP contribution in [0.1, 0.15) is 17.4 Å². The average molecular weight is 363 g/mol. The van der Waals surface area contributed by atoms with Crippen molar-refractivity contribution in [1.29, 1.82) is 0 Å². The second kappa shape index (κ2) is 7.71. The molecule has 1 aliphatic rings. The molecule has 0 aliphatic carbocycles. The molecule has 25 heavy (non-hydrogen) atoms. The molecule has 7 nitrogen and oxygen atoms in total. The molecule has 1 fully saturated rings. The van der Waals surface area contributed by atoms with Gasteiger partial charge >= 0.3 is 5.97 Å². The number of fused-ring (bicyclic) bond motifs is 1. The number of anilines is 1. The van der Waals surface area contributed by atoms with Gasteiger partial charge in [0.05, 0.1) is 32.6 Å². The zero-order chi connectivity index (χ0) is 17.8.